The van der Waals surface area contributed by atoms with Gasteiger partial charge in [-0.2, -0.15) is 0 Å². The first-order chi connectivity index (χ1) is 14.9. The molecule has 0 radical (unpaired) electrons. The second-order valence-corrected chi connectivity index (χ2v) is 7.62. The van der Waals surface area contributed by atoms with E-state index in [4.69, 9.17) is 32.7 Å². The summed E-state index contributed by atoms with van der Waals surface area (Å²) in [5, 5.41) is 3.53. The van der Waals surface area contributed by atoms with Gasteiger partial charge in [0.15, 0.2) is 6.10 Å². The van der Waals surface area contributed by atoms with Gasteiger partial charge in [-0.1, -0.05) is 42.3 Å². The number of carbonyl (C=O) groups excluding carboxylic acids is 2. The van der Waals surface area contributed by atoms with Crippen molar-refractivity contribution in [1.29, 1.82) is 0 Å². The maximum absolute atomic E-state index is 12.4. The highest BCUT2D eigenvalue weighted by molar-refractivity contribution is 6.35. The van der Waals surface area contributed by atoms with E-state index in [-0.39, 0.29) is 5.91 Å². The van der Waals surface area contributed by atoms with Gasteiger partial charge >= 0.3 is 5.97 Å². The Morgan fingerprint density at radius 1 is 0.935 bits per heavy atom. The van der Waals surface area contributed by atoms with Crippen LogP contribution in [0.5, 0.6) is 11.5 Å². The molecular formula is C24H21Cl2NO4. The number of benzene rings is 3. The quantitative estimate of drug-likeness (QED) is 0.339. The van der Waals surface area contributed by atoms with E-state index in [0.717, 1.165) is 6.42 Å². The van der Waals surface area contributed by atoms with Crippen molar-refractivity contribution in [1.82, 2.24) is 0 Å². The van der Waals surface area contributed by atoms with Gasteiger partial charge in [0.25, 0.3) is 5.91 Å². The number of aryl methyl sites for hydroxylation is 1. The first kappa shape index (κ1) is 22.7. The number of amides is 1. The molecule has 1 unspecified atom stereocenters. The number of nitrogens with one attached hydrogen (secondary N) is 1. The molecule has 0 fully saturated rings. The fraction of sp³-hybridized carbons (Fsp3) is 0.167. The SMILES string of the molecule is CCc1ccc(OC(C)C(=O)Oc2ccc(C(=O)Nc3cc(Cl)ccc3Cl)cc2)cc1. The maximum atomic E-state index is 12.4. The molecule has 0 aliphatic carbocycles. The average molecular weight is 458 g/mol. The van der Waals surface area contributed by atoms with Crippen molar-refractivity contribution in [2.75, 3.05) is 5.32 Å². The Hall–Kier alpha value is -3.02. The maximum Gasteiger partial charge on any atom is 0.352 e. The van der Waals surface area contributed by atoms with Crippen LogP contribution in [0.25, 0.3) is 0 Å². The van der Waals surface area contributed by atoms with Crippen LogP contribution in [0.4, 0.5) is 5.69 Å². The van der Waals surface area contributed by atoms with E-state index in [1.165, 1.54) is 17.7 Å². The molecule has 0 aliphatic heterocycles. The molecule has 3 aromatic rings. The van der Waals surface area contributed by atoms with Gasteiger partial charge in [-0.15, -0.1) is 0 Å². The molecule has 0 bridgehead atoms. The van der Waals surface area contributed by atoms with Crippen molar-refractivity contribution in [3.05, 3.63) is 87.9 Å². The zero-order valence-corrected chi connectivity index (χ0v) is 18.5. The van der Waals surface area contributed by atoms with E-state index in [1.807, 2.05) is 24.3 Å². The normalized spacial score (nSPS) is 11.5. The topological polar surface area (TPSA) is 64.6 Å². The third-order valence-corrected chi connectivity index (χ3v) is 5.05. The van der Waals surface area contributed by atoms with Crippen LogP contribution in [0.2, 0.25) is 10.0 Å². The first-order valence-electron chi connectivity index (χ1n) is 9.69. The summed E-state index contributed by atoms with van der Waals surface area (Å²) < 4.78 is 11.0. The number of hydrogen-bond acceptors (Lipinski definition) is 4. The molecule has 0 aliphatic rings. The van der Waals surface area contributed by atoms with E-state index in [2.05, 4.69) is 12.2 Å². The van der Waals surface area contributed by atoms with Gasteiger partial charge in [0.05, 0.1) is 10.7 Å². The van der Waals surface area contributed by atoms with Crippen molar-refractivity contribution >= 4 is 40.8 Å². The van der Waals surface area contributed by atoms with E-state index < -0.39 is 12.1 Å². The molecule has 0 saturated heterocycles. The van der Waals surface area contributed by atoms with Crippen LogP contribution in [0.15, 0.2) is 66.7 Å². The molecule has 0 heterocycles. The Kier molecular flexibility index (Phi) is 7.55. The van der Waals surface area contributed by atoms with Crippen LogP contribution in [-0.2, 0) is 11.2 Å². The van der Waals surface area contributed by atoms with Gasteiger partial charge in [0, 0.05) is 10.6 Å². The molecule has 3 aromatic carbocycles. The lowest BCUT2D eigenvalue weighted by atomic mass is 10.2. The molecule has 1 amide bonds. The second-order valence-electron chi connectivity index (χ2n) is 6.78. The summed E-state index contributed by atoms with van der Waals surface area (Å²) in [7, 11) is 0. The highest BCUT2D eigenvalue weighted by Crippen LogP contribution is 2.26. The van der Waals surface area contributed by atoms with Crippen LogP contribution >= 0.6 is 23.2 Å². The minimum Gasteiger partial charge on any atom is -0.479 e. The number of halogens is 2. The molecule has 0 saturated carbocycles. The first-order valence-corrected chi connectivity index (χ1v) is 10.4. The van der Waals surface area contributed by atoms with Crippen molar-refractivity contribution in [2.45, 2.75) is 26.4 Å². The van der Waals surface area contributed by atoms with Gasteiger partial charge in [-0.05, 0) is 73.5 Å². The van der Waals surface area contributed by atoms with Crippen molar-refractivity contribution in [2.24, 2.45) is 0 Å². The molecule has 0 aromatic heterocycles. The Balaban J connectivity index is 1.58. The lowest BCUT2D eigenvalue weighted by molar-refractivity contribution is -0.141. The predicted molar refractivity (Wildman–Crippen MR) is 122 cm³/mol. The van der Waals surface area contributed by atoms with Gasteiger partial charge in [0.2, 0.25) is 0 Å². The molecule has 1 N–H and O–H groups in total. The average Bonchev–Trinajstić information content (AvgIpc) is 2.77. The van der Waals surface area contributed by atoms with Crippen molar-refractivity contribution in [3.8, 4) is 11.5 Å². The number of anilines is 1. The third-order valence-electron chi connectivity index (χ3n) is 4.49. The highest BCUT2D eigenvalue weighted by atomic mass is 35.5. The number of hydrogen-bond donors (Lipinski definition) is 1. The predicted octanol–water partition coefficient (Wildman–Crippen LogP) is 6.18. The van der Waals surface area contributed by atoms with E-state index >= 15 is 0 Å². The number of rotatable bonds is 7. The molecule has 1 atom stereocenters. The van der Waals surface area contributed by atoms with Crippen LogP contribution < -0.4 is 14.8 Å². The van der Waals surface area contributed by atoms with Crippen molar-refractivity contribution in [3.63, 3.8) is 0 Å². The van der Waals surface area contributed by atoms with Crippen LogP contribution in [0.1, 0.15) is 29.8 Å². The number of ether oxygens (including phenoxy) is 2. The monoisotopic (exact) mass is 457 g/mol. The summed E-state index contributed by atoms with van der Waals surface area (Å²) in [4.78, 5) is 24.7. The van der Waals surface area contributed by atoms with Gasteiger partial charge in [-0.3, -0.25) is 4.79 Å². The Bertz CT molecular complexity index is 1070. The number of carbonyl (C=O) groups is 2. The molecular weight excluding hydrogens is 437 g/mol. The summed E-state index contributed by atoms with van der Waals surface area (Å²) in [6.45, 7) is 3.68. The Morgan fingerprint density at radius 2 is 1.58 bits per heavy atom. The summed E-state index contributed by atoms with van der Waals surface area (Å²) in [5.74, 6) is -0.00999. The molecule has 0 spiro atoms. The summed E-state index contributed by atoms with van der Waals surface area (Å²) in [5.41, 5.74) is 1.97. The fourth-order valence-electron chi connectivity index (χ4n) is 2.72. The summed E-state index contributed by atoms with van der Waals surface area (Å²) in [6, 6.07) is 18.5. The smallest absolute Gasteiger partial charge is 0.352 e. The molecule has 31 heavy (non-hydrogen) atoms. The third kappa shape index (κ3) is 6.23. The van der Waals surface area contributed by atoms with E-state index in [1.54, 1.807) is 37.3 Å². The fourth-order valence-corrected chi connectivity index (χ4v) is 3.05. The van der Waals surface area contributed by atoms with Crippen molar-refractivity contribution < 1.29 is 19.1 Å². The lowest BCUT2D eigenvalue weighted by Crippen LogP contribution is -2.28. The zero-order valence-electron chi connectivity index (χ0n) is 17.0. The van der Waals surface area contributed by atoms with Gasteiger partial charge < -0.3 is 14.8 Å². The van der Waals surface area contributed by atoms with E-state index in [0.29, 0.717) is 32.8 Å². The number of esters is 1. The summed E-state index contributed by atoms with van der Waals surface area (Å²) >= 11 is 12.0. The van der Waals surface area contributed by atoms with Gasteiger partial charge in [-0.25, -0.2) is 4.79 Å². The molecule has 5 nitrogen and oxygen atoms in total. The standard InChI is InChI=1S/C24H21Cl2NO4/c1-3-16-4-9-19(10-5-16)30-15(2)24(29)31-20-11-6-17(7-12-20)23(28)27-22-14-18(25)8-13-21(22)26/h4-15H,3H2,1-2H3,(H,27,28). The summed E-state index contributed by atoms with van der Waals surface area (Å²) in [6.07, 6.45) is 0.137. The minimum atomic E-state index is -0.791. The van der Waals surface area contributed by atoms with E-state index in [9.17, 15) is 9.59 Å². The van der Waals surface area contributed by atoms with Gasteiger partial charge in [0.1, 0.15) is 11.5 Å². The lowest BCUT2D eigenvalue weighted by Gasteiger charge is -2.14. The Labute approximate surface area is 190 Å². The minimum absolute atomic E-state index is 0.305. The molecule has 7 heteroatoms. The zero-order chi connectivity index (χ0) is 22.4. The Morgan fingerprint density at radius 3 is 2.23 bits per heavy atom. The molecule has 3 rings (SSSR count). The van der Waals surface area contributed by atoms with Crippen LogP contribution in [0, 0.1) is 0 Å². The van der Waals surface area contributed by atoms with Crippen LogP contribution in [-0.4, -0.2) is 18.0 Å². The highest BCUT2D eigenvalue weighted by Gasteiger charge is 2.18. The second kappa shape index (κ2) is 10.3. The largest absolute Gasteiger partial charge is 0.479 e. The van der Waals surface area contributed by atoms with Crippen LogP contribution in [0.3, 0.4) is 0 Å². The molecule has 160 valence electrons.